The molecule has 0 saturated carbocycles. The molecule has 1 N–H and O–H groups in total. The third-order valence-electron chi connectivity index (χ3n) is 4.67. The number of aryl methyl sites for hydroxylation is 1. The molecule has 0 aliphatic heterocycles. The van der Waals surface area contributed by atoms with Gasteiger partial charge in [-0.3, -0.25) is 5.10 Å². The van der Waals surface area contributed by atoms with Crippen LogP contribution >= 0.6 is 11.3 Å². The molecule has 0 aliphatic carbocycles. The Morgan fingerprint density at radius 3 is 2.63 bits per heavy atom. The van der Waals surface area contributed by atoms with E-state index in [0.717, 1.165) is 22.8 Å². The summed E-state index contributed by atoms with van der Waals surface area (Å²) in [4.78, 5) is 9.27. The largest absolute Gasteiger partial charge is 0.417 e. The molecule has 0 saturated heterocycles. The fourth-order valence-corrected chi connectivity index (χ4v) is 4.53. The second kappa shape index (κ2) is 6.77. The van der Waals surface area contributed by atoms with Gasteiger partial charge in [-0.25, -0.2) is 14.5 Å². The van der Waals surface area contributed by atoms with Gasteiger partial charge in [-0.15, -0.1) is 11.3 Å². The number of aromatic nitrogens is 6. The average Bonchev–Trinajstić information content (AvgIpc) is 3.44. The van der Waals surface area contributed by atoms with E-state index in [-0.39, 0.29) is 11.3 Å². The molecular weight excluding hydrogens is 413 g/mol. The maximum Gasteiger partial charge on any atom is 0.417 e. The van der Waals surface area contributed by atoms with Crippen molar-refractivity contribution in [3.8, 4) is 32.5 Å². The normalized spacial score (nSPS) is 12.0. The van der Waals surface area contributed by atoms with Gasteiger partial charge in [0.25, 0.3) is 0 Å². The van der Waals surface area contributed by atoms with Crippen molar-refractivity contribution in [3.05, 3.63) is 66.2 Å². The van der Waals surface area contributed by atoms with Crippen LogP contribution in [-0.2, 0) is 6.18 Å². The molecule has 10 heteroatoms. The Morgan fingerprint density at radius 2 is 1.87 bits per heavy atom. The van der Waals surface area contributed by atoms with E-state index in [9.17, 15) is 13.2 Å². The van der Waals surface area contributed by atoms with E-state index in [1.165, 1.54) is 29.8 Å². The van der Waals surface area contributed by atoms with Crippen LogP contribution in [0.2, 0.25) is 0 Å². The maximum atomic E-state index is 13.7. The zero-order valence-corrected chi connectivity index (χ0v) is 16.3. The third-order valence-corrected chi connectivity index (χ3v) is 5.75. The first-order chi connectivity index (χ1) is 14.4. The van der Waals surface area contributed by atoms with E-state index in [1.54, 1.807) is 10.6 Å². The second-order valence-electron chi connectivity index (χ2n) is 6.57. The molecule has 6 nitrogen and oxygen atoms in total. The fourth-order valence-electron chi connectivity index (χ4n) is 3.40. The van der Waals surface area contributed by atoms with Crippen molar-refractivity contribution in [2.24, 2.45) is 0 Å². The highest BCUT2D eigenvalue weighted by atomic mass is 32.1. The lowest BCUT2D eigenvalue weighted by Crippen LogP contribution is -2.07. The van der Waals surface area contributed by atoms with E-state index in [0.29, 0.717) is 15.7 Å². The van der Waals surface area contributed by atoms with E-state index in [4.69, 9.17) is 0 Å². The number of benzene rings is 1. The SMILES string of the molecule is Cc1nn2ccccc2c1-c1nc(-c2ccccc2C(F)(F)F)c(-c2ncn[nH]2)s1. The molecule has 0 fully saturated rings. The van der Waals surface area contributed by atoms with Gasteiger partial charge in [0.15, 0.2) is 5.82 Å². The molecule has 1 aromatic carbocycles. The molecule has 30 heavy (non-hydrogen) atoms. The molecule has 0 radical (unpaired) electrons. The van der Waals surface area contributed by atoms with Crippen LogP contribution in [-0.4, -0.2) is 29.8 Å². The number of thiazole rings is 1. The Bertz CT molecular complexity index is 1350. The van der Waals surface area contributed by atoms with Crippen LogP contribution in [0.4, 0.5) is 13.2 Å². The second-order valence-corrected chi connectivity index (χ2v) is 7.56. The van der Waals surface area contributed by atoms with Crippen LogP contribution in [0.5, 0.6) is 0 Å². The van der Waals surface area contributed by atoms with Crippen LogP contribution in [0.15, 0.2) is 55.0 Å². The highest BCUT2D eigenvalue weighted by Gasteiger charge is 2.35. The van der Waals surface area contributed by atoms with Crippen molar-refractivity contribution in [1.82, 2.24) is 29.8 Å². The Kier molecular flexibility index (Phi) is 4.17. The van der Waals surface area contributed by atoms with Crippen molar-refractivity contribution in [2.75, 3.05) is 0 Å². The number of rotatable bonds is 3. The molecule has 0 unspecified atom stereocenters. The van der Waals surface area contributed by atoms with E-state index >= 15 is 0 Å². The fraction of sp³-hybridized carbons (Fsp3) is 0.100. The summed E-state index contributed by atoms with van der Waals surface area (Å²) in [5, 5.41) is 11.6. The summed E-state index contributed by atoms with van der Waals surface area (Å²) in [6.45, 7) is 1.85. The zero-order valence-electron chi connectivity index (χ0n) is 15.5. The van der Waals surface area contributed by atoms with Gasteiger partial charge in [0.1, 0.15) is 11.3 Å². The average molecular weight is 426 g/mol. The van der Waals surface area contributed by atoms with Crippen molar-refractivity contribution in [1.29, 1.82) is 0 Å². The first-order valence-corrected chi connectivity index (χ1v) is 9.72. The predicted molar refractivity (Wildman–Crippen MR) is 107 cm³/mol. The van der Waals surface area contributed by atoms with Gasteiger partial charge in [0.05, 0.1) is 32.9 Å². The Balaban J connectivity index is 1.80. The van der Waals surface area contributed by atoms with E-state index in [1.807, 2.05) is 31.3 Å². The van der Waals surface area contributed by atoms with Gasteiger partial charge in [0, 0.05) is 11.8 Å². The van der Waals surface area contributed by atoms with Gasteiger partial charge >= 0.3 is 6.18 Å². The number of nitrogens with one attached hydrogen (secondary N) is 1. The molecule has 0 aliphatic rings. The summed E-state index contributed by atoms with van der Waals surface area (Å²) in [7, 11) is 0. The van der Waals surface area contributed by atoms with Crippen molar-refractivity contribution in [3.63, 3.8) is 0 Å². The minimum Gasteiger partial charge on any atom is -0.259 e. The topological polar surface area (TPSA) is 71.8 Å². The summed E-state index contributed by atoms with van der Waals surface area (Å²) >= 11 is 1.25. The van der Waals surface area contributed by atoms with Crippen LogP contribution in [0.3, 0.4) is 0 Å². The zero-order chi connectivity index (χ0) is 20.9. The molecule has 4 aromatic heterocycles. The van der Waals surface area contributed by atoms with Crippen LogP contribution in [0.25, 0.3) is 38.0 Å². The summed E-state index contributed by atoms with van der Waals surface area (Å²) in [5.41, 5.74) is 1.77. The first-order valence-electron chi connectivity index (χ1n) is 8.91. The monoisotopic (exact) mass is 426 g/mol. The minimum absolute atomic E-state index is 0.00646. The summed E-state index contributed by atoms with van der Waals surface area (Å²) < 4.78 is 42.8. The van der Waals surface area contributed by atoms with Crippen LogP contribution < -0.4 is 0 Å². The number of halogens is 3. The standard InChI is InChI=1S/C20H13F3N6S/c1-11-15(14-8-4-5-9-29(14)28-11)19-26-16(17(30-19)18-24-10-25-27-18)12-6-2-3-7-13(12)20(21,22)23/h2-10H,1H3,(H,24,25,27). The molecule has 0 atom stereocenters. The van der Waals surface area contributed by atoms with Gasteiger partial charge in [0.2, 0.25) is 0 Å². The van der Waals surface area contributed by atoms with Crippen LogP contribution in [0.1, 0.15) is 11.3 Å². The number of H-pyrrole nitrogens is 1. The minimum atomic E-state index is -4.51. The Morgan fingerprint density at radius 1 is 1.07 bits per heavy atom. The lowest BCUT2D eigenvalue weighted by Gasteiger charge is -2.11. The van der Waals surface area contributed by atoms with E-state index in [2.05, 4.69) is 25.3 Å². The lowest BCUT2D eigenvalue weighted by atomic mass is 10.0. The number of aromatic amines is 1. The molecule has 5 rings (SSSR count). The van der Waals surface area contributed by atoms with Gasteiger partial charge in [-0.2, -0.15) is 23.4 Å². The highest BCUT2D eigenvalue weighted by Crippen LogP contribution is 2.44. The number of hydrogen-bond donors (Lipinski definition) is 1. The molecule has 150 valence electrons. The quantitative estimate of drug-likeness (QED) is 0.428. The summed E-state index contributed by atoms with van der Waals surface area (Å²) in [6.07, 6.45) is -1.38. The van der Waals surface area contributed by atoms with Gasteiger partial charge in [-0.05, 0) is 25.1 Å². The first kappa shape index (κ1) is 18.5. The Hall–Kier alpha value is -3.53. The number of hydrogen-bond acceptors (Lipinski definition) is 5. The number of nitrogens with zero attached hydrogens (tertiary/aromatic N) is 5. The van der Waals surface area contributed by atoms with E-state index < -0.39 is 11.7 Å². The summed E-state index contributed by atoms with van der Waals surface area (Å²) in [5.74, 6) is 0.361. The van der Waals surface area contributed by atoms with Gasteiger partial charge in [-0.1, -0.05) is 24.3 Å². The highest BCUT2D eigenvalue weighted by molar-refractivity contribution is 7.19. The maximum absolute atomic E-state index is 13.7. The summed E-state index contributed by atoms with van der Waals surface area (Å²) in [6, 6.07) is 11.0. The molecular formula is C20H13F3N6S. The predicted octanol–water partition coefficient (Wildman–Crippen LogP) is 5.24. The van der Waals surface area contributed by atoms with Crippen molar-refractivity contribution in [2.45, 2.75) is 13.1 Å². The Labute approximate surface area is 172 Å². The molecule has 4 heterocycles. The van der Waals surface area contributed by atoms with Crippen molar-refractivity contribution >= 4 is 16.9 Å². The molecule has 0 amide bonds. The van der Waals surface area contributed by atoms with Crippen molar-refractivity contribution < 1.29 is 13.2 Å². The van der Waals surface area contributed by atoms with Crippen LogP contribution in [0, 0.1) is 6.92 Å². The molecule has 0 spiro atoms. The number of alkyl halides is 3. The smallest absolute Gasteiger partial charge is 0.259 e. The lowest BCUT2D eigenvalue weighted by molar-refractivity contribution is -0.137. The number of pyridine rings is 1. The third kappa shape index (κ3) is 2.96. The molecule has 5 aromatic rings. The molecule has 0 bridgehead atoms. The van der Waals surface area contributed by atoms with Gasteiger partial charge < -0.3 is 0 Å². The number of fused-ring (bicyclic) bond motifs is 1.